The van der Waals surface area contributed by atoms with Crippen molar-refractivity contribution in [1.82, 2.24) is 35.1 Å². The topological polar surface area (TPSA) is 108 Å². The number of pyridine rings is 3. The van der Waals surface area contributed by atoms with Gasteiger partial charge in [0.05, 0.1) is 34.3 Å². The van der Waals surface area contributed by atoms with E-state index in [4.69, 9.17) is 4.98 Å². The maximum atomic E-state index is 13.8. The molecule has 9 heteroatoms. The maximum Gasteiger partial charge on any atom is 0.159 e. The number of benzene rings is 1. The van der Waals surface area contributed by atoms with Crippen LogP contribution in [0, 0.1) is 5.82 Å². The molecule has 0 aliphatic heterocycles. The lowest BCUT2D eigenvalue weighted by molar-refractivity contribution is 0.628. The van der Waals surface area contributed by atoms with Gasteiger partial charge >= 0.3 is 0 Å². The second-order valence-corrected chi connectivity index (χ2v) is 8.60. The number of anilines is 1. The van der Waals surface area contributed by atoms with Crippen LogP contribution in [0.3, 0.4) is 0 Å². The molecule has 0 unspecified atom stereocenters. The Morgan fingerprint density at radius 3 is 2.69 bits per heavy atom. The number of rotatable bonds is 5. The molecule has 0 aliphatic carbocycles. The molecule has 5 aromatic heterocycles. The number of hydrogen-bond acceptors (Lipinski definition) is 6. The predicted octanol–water partition coefficient (Wildman–Crippen LogP) is 5.58. The minimum Gasteiger partial charge on any atom is -0.382 e. The summed E-state index contributed by atoms with van der Waals surface area (Å²) in [4.78, 5) is 21.5. The average molecular weight is 465 g/mol. The molecule has 8 nitrogen and oxygen atoms in total. The van der Waals surface area contributed by atoms with Crippen molar-refractivity contribution >= 4 is 27.6 Å². The van der Waals surface area contributed by atoms with Crippen molar-refractivity contribution in [3.63, 3.8) is 0 Å². The van der Waals surface area contributed by atoms with Crippen LogP contribution >= 0.6 is 0 Å². The van der Waals surface area contributed by atoms with Gasteiger partial charge in [0.25, 0.3) is 0 Å². The fourth-order valence-electron chi connectivity index (χ4n) is 4.14. The zero-order valence-corrected chi connectivity index (χ0v) is 19.0. The number of H-pyrrole nitrogens is 2. The number of hydrogen-bond donors (Lipinski definition) is 3. The molecule has 1 aromatic carbocycles. The van der Waals surface area contributed by atoms with Crippen LogP contribution in [-0.2, 0) is 0 Å². The third-order valence-corrected chi connectivity index (χ3v) is 5.66. The Morgan fingerprint density at radius 1 is 0.914 bits per heavy atom. The van der Waals surface area contributed by atoms with Gasteiger partial charge in [-0.3, -0.25) is 20.1 Å². The molecule has 0 spiro atoms. The van der Waals surface area contributed by atoms with Crippen LogP contribution in [0.5, 0.6) is 0 Å². The van der Waals surface area contributed by atoms with E-state index in [1.807, 2.05) is 24.3 Å². The number of fused-ring (bicyclic) bond motifs is 2. The second kappa shape index (κ2) is 8.28. The molecule has 35 heavy (non-hydrogen) atoms. The second-order valence-electron chi connectivity index (χ2n) is 8.60. The zero-order valence-electron chi connectivity index (χ0n) is 19.0. The molecule has 0 radical (unpaired) electrons. The Labute approximate surface area is 199 Å². The van der Waals surface area contributed by atoms with E-state index in [0.717, 1.165) is 33.4 Å². The summed E-state index contributed by atoms with van der Waals surface area (Å²) in [5.41, 5.74) is 6.76. The summed E-state index contributed by atoms with van der Waals surface area (Å²) in [6.45, 7) is 4.16. The smallest absolute Gasteiger partial charge is 0.159 e. The standard InChI is InChI=1S/C26H21FN8/c1-14(2)31-18-9-16(11-28-12-18)21-10-19-22(13-30-21)34-35-24(19)26-32-20-6-7-29-23(25(20)33-26)15-4-3-5-17(27)8-15/h3-14,31H,1-2H3,(H,32,33)(H,34,35). The maximum absolute atomic E-state index is 13.8. The number of nitrogens with zero attached hydrogens (tertiary/aromatic N) is 5. The normalized spacial score (nSPS) is 11.5. The molecular weight excluding hydrogens is 443 g/mol. The van der Waals surface area contributed by atoms with Crippen LogP contribution in [0.1, 0.15) is 13.8 Å². The van der Waals surface area contributed by atoms with Gasteiger partial charge < -0.3 is 10.3 Å². The summed E-state index contributed by atoms with van der Waals surface area (Å²) in [5, 5.41) is 11.8. The molecule has 5 heterocycles. The lowest BCUT2D eigenvalue weighted by Crippen LogP contribution is -2.09. The van der Waals surface area contributed by atoms with Crippen molar-refractivity contribution in [2.45, 2.75) is 19.9 Å². The van der Waals surface area contributed by atoms with E-state index in [1.165, 1.54) is 12.1 Å². The molecule has 0 saturated carbocycles. The van der Waals surface area contributed by atoms with Crippen molar-refractivity contribution in [2.75, 3.05) is 5.32 Å². The van der Waals surface area contributed by atoms with Gasteiger partial charge in [-0.25, -0.2) is 9.37 Å². The molecule has 6 aromatic rings. The lowest BCUT2D eigenvalue weighted by Gasteiger charge is -2.10. The molecular formula is C26H21FN8. The number of imidazole rings is 1. The fraction of sp³-hybridized carbons (Fsp3) is 0.115. The molecule has 0 atom stereocenters. The van der Waals surface area contributed by atoms with Crippen molar-refractivity contribution < 1.29 is 4.39 Å². The van der Waals surface area contributed by atoms with Crippen molar-refractivity contribution in [3.05, 3.63) is 73.1 Å². The van der Waals surface area contributed by atoms with Gasteiger partial charge in [0.2, 0.25) is 0 Å². The molecule has 172 valence electrons. The van der Waals surface area contributed by atoms with Crippen LogP contribution in [0.15, 0.2) is 67.3 Å². The number of nitrogens with one attached hydrogen (secondary N) is 3. The van der Waals surface area contributed by atoms with Crippen LogP contribution in [0.2, 0.25) is 0 Å². The Balaban J connectivity index is 1.45. The first-order valence-electron chi connectivity index (χ1n) is 11.2. The molecule has 0 bridgehead atoms. The molecule has 0 amide bonds. The zero-order chi connectivity index (χ0) is 23.9. The highest BCUT2D eigenvalue weighted by Crippen LogP contribution is 2.32. The predicted molar refractivity (Wildman–Crippen MR) is 134 cm³/mol. The highest BCUT2D eigenvalue weighted by Gasteiger charge is 2.17. The first-order chi connectivity index (χ1) is 17.0. The summed E-state index contributed by atoms with van der Waals surface area (Å²) < 4.78 is 13.8. The summed E-state index contributed by atoms with van der Waals surface area (Å²) in [7, 11) is 0. The Morgan fingerprint density at radius 2 is 1.83 bits per heavy atom. The number of aromatic nitrogens is 7. The van der Waals surface area contributed by atoms with Crippen LogP contribution < -0.4 is 5.32 Å². The van der Waals surface area contributed by atoms with Gasteiger partial charge in [0, 0.05) is 41.1 Å². The van der Waals surface area contributed by atoms with E-state index in [2.05, 4.69) is 49.3 Å². The summed E-state index contributed by atoms with van der Waals surface area (Å²) in [5.74, 6) is 0.264. The summed E-state index contributed by atoms with van der Waals surface area (Å²) in [6, 6.07) is 12.5. The first kappa shape index (κ1) is 20.9. The SMILES string of the molecule is CC(C)Nc1cncc(-c2cc3c(-c4nc5c(-c6cccc(F)c6)nccc5[nH]4)n[nH]c3cn2)c1. The molecule has 6 rings (SSSR count). The lowest BCUT2D eigenvalue weighted by atomic mass is 10.1. The highest BCUT2D eigenvalue weighted by molar-refractivity contribution is 5.96. The third-order valence-electron chi connectivity index (χ3n) is 5.66. The fourth-order valence-corrected chi connectivity index (χ4v) is 4.14. The molecule has 0 fully saturated rings. The van der Waals surface area contributed by atoms with Crippen LogP contribution in [0.25, 0.3) is 56.0 Å². The van der Waals surface area contributed by atoms with Gasteiger partial charge in [-0.2, -0.15) is 5.10 Å². The van der Waals surface area contributed by atoms with Gasteiger partial charge in [-0.15, -0.1) is 0 Å². The van der Waals surface area contributed by atoms with Gasteiger partial charge in [-0.1, -0.05) is 12.1 Å². The molecule has 0 aliphatic rings. The van der Waals surface area contributed by atoms with Crippen molar-refractivity contribution in [1.29, 1.82) is 0 Å². The monoisotopic (exact) mass is 464 g/mol. The van der Waals surface area contributed by atoms with Gasteiger partial charge in [-0.05, 0) is 44.2 Å². The average Bonchev–Trinajstić information content (AvgIpc) is 3.47. The first-order valence-corrected chi connectivity index (χ1v) is 11.2. The Bertz CT molecular complexity index is 1680. The minimum atomic E-state index is -0.322. The van der Waals surface area contributed by atoms with E-state index in [0.29, 0.717) is 34.3 Å². The number of aromatic amines is 2. The van der Waals surface area contributed by atoms with E-state index in [9.17, 15) is 4.39 Å². The molecule has 3 N–H and O–H groups in total. The van der Waals surface area contributed by atoms with E-state index >= 15 is 0 Å². The quantitative estimate of drug-likeness (QED) is 0.307. The minimum absolute atomic E-state index is 0.294. The number of halogens is 1. The Kier molecular flexibility index (Phi) is 4.95. The molecule has 0 saturated heterocycles. The van der Waals surface area contributed by atoms with Gasteiger partial charge in [0.15, 0.2) is 5.82 Å². The van der Waals surface area contributed by atoms with Crippen LogP contribution in [-0.4, -0.2) is 41.2 Å². The van der Waals surface area contributed by atoms with E-state index in [-0.39, 0.29) is 5.82 Å². The highest BCUT2D eigenvalue weighted by atomic mass is 19.1. The van der Waals surface area contributed by atoms with E-state index < -0.39 is 0 Å². The summed E-state index contributed by atoms with van der Waals surface area (Å²) >= 11 is 0. The third kappa shape index (κ3) is 3.86. The summed E-state index contributed by atoms with van der Waals surface area (Å²) in [6.07, 6.45) is 7.02. The largest absolute Gasteiger partial charge is 0.382 e. The Hall–Kier alpha value is -4.66. The van der Waals surface area contributed by atoms with Crippen LogP contribution in [0.4, 0.5) is 10.1 Å². The van der Waals surface area contributed by atoms with E-state index in [1.54, 1.807) is 30.9 Å². The van der Waals surface area contributed by atoms with Gasteiger partial charge in [0.1, 0.15) is 17.0 Å². The van der Waals surface area contributed by atoms with Crippen molar-refractivity contribution in [3.8, 4) is 34.0 Å². The van der Waals surface area contributed by atoms with Crippen molar-refractivity contribution in [2.24, 2.45) is 0 Å².